The van der Waals surface area contributed by atoms with Crippen molar-refractivity contribution in [2.75, 3.05) is 21.7 Å². The van der Waals surface area contributed by atoms with Crippen molar-refractivity contribution in [3.63, 3.8) is 0 Å². The summed E-state index contributed by atoms with van der Waals surface area (Å²) in [7, 11) is -3.12. The molecule has 33 heavy (non-hydrogen) atoms. The Balaban J connectivity index is 1.60. The van der Waals surface area contributed by atoms with Crippen LogP contribution in [0.2, 0.25) is 0 Å². The van der Waals surface area contributed by atoms with Crippen LogP contribution in [-0.4, -0.2) is 43.5 Å². The van der Waals surface area contributed by atoms with E-state index in [4.69, 9.17) is 11.6 Å². The molecule has 1 N–H and O–H groups in total. The molecule has 2 aliphatic rings. The summed E-state index contributed by atoms with van der Waals surface area (Å²) in [6.45, 7) is 4.04. The first-order chi connectivity index (χ1) is 15.3. The molecule has 0 radical (unpaired) electrons. The maximum absolute atomic E-state index is 12.9. The molecule has 2 heterocycles. The van der Waals surface area contributed by atoms with Crippen LogP contribution in [0.5, 0.6) is 5.75 Å². The Bertz CT molecular complexity index is 1190. The van der Waals surface area contributed by atoms with Crippen LogP contribution >= 0.6 is 27.5 Å². The summed E-state index contributed by atoms with van der Waals surface area (Å²) in [6.07, 6.45) is 0.507. The first-order valence-electron chi connectivity index (χ1n) is 10.3. The third kappa shape index (κ3) is 5.12. The van der Waals surface area contributed by atoms with Crippen molar-refractivity contribution in [1.29, 1.82) is 0 Å². The summed E-state index contributed by atoms with van der Waals surface area (Å²) in [5, 5.41) is 2.74. The van der Waals surface area contributed by atoms with E-state index in [1.165, 1.54) is 24.3 Å². The van der Waals surface area contributed by atoms with Crippen molar-refractivity contribution >= 4 is 54.7 Å². The third-order valence-corrected chi connectivity index (χ3v) is 8.29. The number of alkyl halides is 3. The second-order valence-corrected chi connectivity index (χ2v) is 12.0. The fourth-order valence-corrected chi connectivity index (χ4v) is 7.11. The maximum Gasteiger partial charge on any atom is 0.487 e. The molecule has 1 fully saturated rings. The normalized spacial score (nSPS) is 21.5. The van der Waals surface area contributed by atoms with Crippen molar-refractivity contribution in [3.8, 4) is 5.75 Å². The van der Waals surface area contributed by atoms with Gasteiger partial charge in [-0.15, -0.1) is 8.78 Å². The lowest BCUT2D eigenvalue weighted by Gasteiger charge is -2.36. The molecule has 0 spiro atoms. The van der Waals surface area contributed by atoms with Gasteiger partial charge in [0.1, 0.15) is 5.75 Å². The summed E-state index contributed by atoms with van der Waals surface area (Å²) >= 11 is 8.35. The highest BCUT2D eigenvalue weighted by atomic mass is 79.9. The standard InChI is InChI=1S/C22H22BrClF2N2O4S/c1-12(2)28-19-11-33(30,31)8-7-16(19)17-9-13(10-18(23)20(17)28)21(29)27-14-3-5-15(6-4-14)32-22(24,25)26/h3-6,9-10,12,16,19H,7-8,11H2,1-2H3,(H,27,29). The zero-order valence-corrected chi connectivity index (χ0v) is 21.0. The number of nitrogens with one attached hydrogen (secondary N) is 1. The minimum Gasteiger partial charge on any atom is -0.420 e. The number of hydrogen-bond donors (Lipinski definition) is 1. The zero-order chi connectivity index (χ0) is 24.1. The smallest absolute Gasteiger partial charge is 0.420 e. The molecule has 11 heteroatoms. The molecule has 0 saturated carbocycles. The van der Waals surface area contributed by atoms with Gasteiger partial charge >= 0.3 is 5.57 Å². The molecule has 0 aliphatic carbocycles. The first-order valence-corrected chi connectivity index (χ1v) is 13.3. The van der Waals surface area contributed by atoms with E-state index in [-0.39, 0.29) is 41.2 Å². The summed E-state index contributed by atoms with van der Waals surface area (Å²) in [5.74, 6) is -0.278. The largest absolute Gasteiger partial charge is 0.487 e. The second-order valence-electron chi connectivity index (χ2n) is 8.50. The van der Waals surface area contributed by atoms with Gasteiger partial charge < -0.3 is 15.0 Å². The van der Waals surface area contributed by atoms with Crippen LogP contribution in [0.15, 0.2) is 40.9 Å². The lowest BCUT2D eigenvalue weighted by molar-refractivity contribution is -0.0964. The number of sulfone groups is 1. The number of fused-ring (bicyclic) bond motifs is 3. The SMILES string of the molecule is CC(C)N1c2c(Br)cc(C(=O)Nc3ccc(OC(F)(F)Cl)cc3)cc2C2CCS(=O)(=O)CC21. The van der Waals surface area contributed by atoms with E-state index in [2.05, 4.69) is 30.9 Å². The molecule has 0 aromatic heterocycles. The van der Waals surface area contributed by atoms with Gasteiger partial charge in [0.2, 0.25) is 0 Å². The van der Waals surface area contributed by atoms with Gasteiger partial charge in [-0.2, -0.15) is 0 Å². The van der Waals surface area contributed by atoms with Crippen LogP contribution in [0.1, 0.15) is 42.1 Å². The van der Waals surface area contributed by atoms with Gasteiger partial charge in [0.25, 0.3) is 5.91 Å². The van der Waals surface area contributed by atoms with Crippen LogP contribution in [-0.2, 0) is 9.84 Å². The average molecular weight is 564 g/mol. The Kier molecular flexibility index (Phi) is 6.39. The molecule has 2 atom stereocenters. The molecule has 1 amide bonds. The summed E-state index contributed by atoms with van der Waals surface area (Å²) < 4.78 is 55.1. The molecule has 1 saturated heterocycles. The van der Waals surface area contributed by atoms with E-state index in [9.17, 15) is 22.0 Å². The number of hydrogen-bond acceptors (Lipinski definition) is 5. The van der Waals surface area contributed by atoms with Gasteiger partial charge in [-0.1, -0.05) is 0 Å². The molecule has 2 aromatic carbocycles. The number of carbonyl (C=O) groups is 1. The zero-order valence-electron chi connectivity index (χ0n) is 17.8. The van der Waals surface area contributed by atoms with Crippen molar-refractivity contribution < 1.29 is 26.7 Å². The highest BCUT2D eigenvalue weighted by Gasteiger charge is 2.46. The van der Waals surface area contributed by atoms with E-state index >= 15 is 0 Å². The number of amides is 1. The number of carbonyl (C=O) groups excluding carboxylic acids is 1. The minimum atomic E-state index is -3.82. The molecule has 2 unspecified atom stereocenters. The predicted molar refractivity (Wildman–Crippen MR) is 127 cm³/mol. The fraction of sp³-hybridized carbons (Fsp3) is 0.409. The van der Waals surface area contributed by atoms with Gasteiger partial charge in [0.15, 0.2) is 9.84 Å². The van der Waals surface area contributed by atoms with Crippen molar-refractivity contribution in [2.45, 2.75) is 43.8 Å². The van der Waals surface area contributed by atoms with E-state index in [0.717, 1.165) is 15.7 Å². The molecular formula is C22H22BrClF2N2O4S. The predicted octanol–water partition coefficient (Wildman–Crippen LogP) is 5.37. The van der Waals surface area contributed by atoms with Crippen LogP contribution < -0.4 is 15.0 Å². The lowest BCUT2D eigenvalue weighted by Crippen LogP contribution is -2.46. The quantitative estimate of drug-likeness (QED) is 0.495. The Morgan fingerprint density at radius 1 is 1.27 bits per heavy atom. The number of benzene rings is 2. The molecule has 0 bridgehead atoms. The van der Waals surface area contributed by atoms with E-state index in [0.29, 0.717) is 17.7 Å². The maximum atomic E-state index is 12.9. The van der Waals surface area contributed by atoms with E-state index in [1.54, 1.807) is 6.07 Å². The number of ether oxygens (including phenoxy) is 1. The summed E-state index contributed by atoms with van der Waals surface area (Å²) in [6, 6.07) is 8.86. The Labute approximate surface area is 204 Å². The van der Waals surface area contributed by atoms with Gasteiger partial charge in [0, 0.05) is 39.3 Å². The number of nitrogens with zero attached hydrogens (tertiary/aromatic N) is 1. The molecule has 6 nitrogen and oxygen atoms in total. The monoisotopic (exact) mass is 562 g/mol. The van der Waals surface area contributed by atoms with Crippen LogP contribution in [0.4, 0.5) is 20.2 Å². The van der Waals surface area contributed by atoms with Gasteiger partial charge in [0.05, 0.1) is 23.2 Å². The molecular weight excluding hydrogens is 542 g/mol. The van der Waals surface area contributed by atoms with E-state index in [1.807, 2.05) is 19.9 Å². The highest BCUT2D eigenvalue weighted by Crippen LogP contribution is 2.50. The Morgan fingerprint density at radius 3 is 2.55 bits per heavy atom. The Hall–Kier alpha value is -1.91. The Morgan fingerprint density at radius 2 is 1.94 bits per heavy atom. The van der Waals surface area contributed by atoms with Crippen LogP contribution in [0.25, 0.3) is 0 Å². The number of rotatable bonds is 5. The van der Waals surface area contributed by atoms with Crippen LogP contribution in [0, 0.1) is 0 Å². The third-order valence-electron chi connectivity index (χ3n) is 5.90. The minimum absolute atomic E-state index is 0.0172. The van der Waals surface area contributed by atoms with Crippen molar-refractivity contribution in [2.24, 2.45) is 0 Å². The fourth-order valence-electron chi connectivity index (χ4n) is 4.65. The molecule has 2 aromatic rings. The van der Waals surface area contributed by atoms with Gasteiger partial charge in [-0.05, 0) is 78.2 Å². The highest BCUT2D eigenvalue weighted by molar-refractivity contribution is 9.10. The van der Waals surface area contributed by atoms with E-state index < -0.39 is 15.4 Å². The number of halogens is 4. The van der Waals surface area contributed by atoms with Crippen LogP contribution in [0.3, 0.4) is 0 Å². The second kappa shape index (κ2) is 8.70. The summed E-state index contributed by atoms with van der Waals surface area (Å²) in [4.78, 5) is 15.1. The van der Waals surface area contributed by atoms with Crippen molar-refractivity contribution in [1.82, 2.24) is 0 Å². The molecule has 4 rings (SSSR count). The lowest BCUT2D eigenvalue weighted by atomic mass is 9.91. The average Bonchev–Trinajstić information content (AvgIpc) is 3.01. The molecule has 2 aliphatic heterocycles. The summed E-state index contributed by atoms with van der Waals surface area (Å²) in [5.41, 5.74) is -1.13. The molecule has 178 valence electrons. The van der Waals surface area contributed by atoms with Gasteiger partial charge in [-0.3, -0.25) is 4.79 Å². The van der Waals surface area contributed by atoms with Gasteiger partial charge in [-0.25, -0.2) is 8.42 Å². The number of anilines is 2. The first kappa shape index (κ1) is 24.2. The van der Waals surface area contributed by atoms with Crippen molar-refractivity contribution in [3.05, 3.63) is 52.0 Å². The topological polar surface area (TPSA) is 75.7 Å².